The Hall–Kier alpha value is 0.390. The molecule has 0 atom stereocenters. The van der Waals surface area contributed by atoms with Crippen molar-refractivity contribution in [2.75, 3.05) is 13.9 Å². The number of methoxy groups -OCH3 is 1. The zero-order valence-electron chi connectivity index (χ0n) is 7.26. The molecule has 0 aromatic carbocycles. The Balaban J connectivity index is 3.60. The quantitative estimate of drug-likeness (QED) is 0.565. The third kappa shape index (κ3) is 6.77. The normalized spacial score (nSPS) is 12.7. The zero-order chi connectivity index (χ0) is 8.74. The Bertz CT molecular complexity index is 121. The van der Waals surface area contributed by atoms with Crippen LogP contribution in [0.1, 0.15) is 20.3 Å². The lowest BCUT2D eigenvalue weighted by molar-refractivity contribution is -0.112. The van der Waals surface area contributed by atoms with Crippen LogP contribution in [0.25, 0.3) is 0 Å². The van der Waals surface area contributed by atoms with E-state index in [0.29, 0.717) is 6.79 Å². The number of ether oxygens (including phenoxy) is 2. The van der Waals surface area contributed by atoms with Gasteiger partial charge in [-0.2, -0.15) is 0 Å². The molecule has 0 unspecified atom stereocenters. The number of rotatable bonds is 5. The highest BCUT2D eigenvalue weighted by Crippen LogP contribution is 2.15. The van der Waals surface area contributed by atoms with Gasteiger partial charge >= 0.3 is 0 Å². The van der Waals surface area contributed by atoms with Gasteiger partial charge in [0.15, 0.2) is 0 Å². The van der Waals surface area contributed by atoms with Crippen LogP contribution in [0, 0.1) is 0 Å². The average molecular weight is 270 g/mol. The van der Waals surface area contributed by atoms with Gasteiger partial charge in [0.2, 0.25) is 0 Å². The van der Waals surface area contributed by atoms with E-state index in [-0.39, 0.29) is 5.60 Å². The molecule has 3 heteroatoms. The minimum atomic E-state index is -0.113. The Morgan fingerprint density at radius 3 is 2.55 bits per heavy atom. The lowest BCUT2D eigenvalue weighted by Gasteiger charge is -2.22. The van der Waals surface area contributed by atoms with Crippen molar-refractivity contribution in [3.05, 3.63) is 10.2 Å². The second-order valence-electron chi connectivity index (χ2n) is 2.88. The summed E-state index contributed by atoms with van der Waals surface area (Å²) in [6.45, 7) is 4.45. The summed E-state index contributed by atoms with van der Waals surface area (Å²) < 4.78 is 12.2. The minimum absolute atomic E-state index is 0.113. The van der Waals surface area contributed by atoms with E-state index in [1.165, 1.54) is 0 Å². The molecule has 0 fully saturated rings. The van der Waals surface area contributed by atoms with E-state index in [1.54, 1.807) is 7.11 Å². The molecule has 0 aromatic heterocycles. The Morgan fingerprint density at radius 1 is 1.45 bits per heavy atom. The van der Waals surface area contributed by atoms with Gasteiger partial charge in [0.1, 0.15) is 6.79 Å². The minimum Gasteiger partial charge on any atom is -0.359 e. The van der Waals surface area contributed by atoms with Crippen molar-refractivity contribution in [1.29, 1.82) is 0 Å². The molecule has 0 aliphatic carbocycles. The predicted molar refractivity (Wildman–Crippen MR) is 54.8 cm³/mol. The summed E-state index contributed by atoms with van der Waals surface area (Å²) in [5.74, 6) is 0. The number of hydrogen-bond donors (Lipinski definition) is 0. The third-order valence-corrected chi connectivity index (χ3v) is 1.77. The van der Waals surface area contributed by atoms with Crippen LogP contribution >= 0.6 is 22.6 Å². The van der Waals surface area contributed by atoms with Gasteiger partial charge in [-0.15, -0.1) is 0 Å². The fourth-order valence-electron chi connectivity index (χ4n) is 0.606. The van der Waals surface area contributed by atoms with Crippen LogP contribution in [0.2, 0.25) is 0 Å². The van der Waals surface area contributed by atoms with Crippen molar-refractivity contribution in [2.45, 2.75) is 25.9 Å². The van der Waals surface area contributed by atoms with E-state index in [1.807, 2.05) is 17.9 Å². The van der Waals surface area contributed by atoms with Crippen molar-refractivity contribution in [1.82, 2.24) is 0 Å². The van der Waals surface area contributed by atoms with E-state index in [4.69, 9.17) is 9.47 Å². The average Bonchev–Trinajstić information content (AvgIpc) is 1.97. The molecular weight excluding hydrogens is 255 g/mol. The molecule has 0 radical (unpaired) electrons. The Kier molecular flexibility index (Phi) is 6.18. The number of halogens is 1. The van der Waals surface area contributed by atoms with Crippen molar-refractivity contribution in [2.24, 2.45) is 0 Å². The first kappa shape index (κ1) is 11.4. The largest absolute Gasteiger partial charge is 0.359 e. The van der Waals surface area contributed by atoms with E-state index in [9.17, 15) is 0 Å². The monoisotopic (exact) mass is 270 g/mol. The standard InChI is InChI=1S/C8H15IO2/c1-8(2,5-4-6-9)11-7-10-3/h4,6H,5,7H2,1-3H3/b6-4+. The second kappa shape index (κ2) is 5.97. The van der Waals surface area contributed by atoms with E-state index >= 15 is 0 Å². The van der Waals surface area contributed by atoms with Gasteiger partial charge in [0.25, 0.3) is 0 Å². The summed E-state index contributed by atoms with van der Waals surface area (Å²) in [5, 5.41) is 0. The van der Waals surface area contributed by atoms with Gasteiger partial charge in [-0.25, -0.2) is 0 Å². The third-order valence-electron chi connectivity index (χ3n) is 1.27. The molecule has 0 aliphatic heterocycles. The van der Waals surface area contributed by atoms with Crippen molar-refractivity contribution >= 4 is 22.6 Å². The van der Waals surface area contributed by atoms with Gasteiger partial charge in [0.05, 0.1) is 5.60 Å². The molecule has 0 rings (SSSR count). The Morgan fingerprint density at radius 2 is 2.09 bits per heavy atom. The maximum absolute atomic E-state index is 5.40. The van der Waals surface area contributed by atoms with E-state index in [2.05, 4.69) is 28.7 Å². The van der Waals surface area contributed by atoms with Crippen molar-refractivity contribution < 1.29 is 9.47 Å². The van der Waals surface area contributed by atoms with Gasteiger partial charge < -0.3 is 9.47 Å². The smallest absolute Gasteiger partial charge is 0.147 e. The zero-order valence-corrected chi connectivity index (χ0v) is 9.42. The van der Waals surface area contributed by atoms with Crippen LogP contribution in [0.4, 0.5) is 0 Å². The SMILES string of the molecule is COCOC(C)(C)C/C=C/I. The molecule has 0 bridgehead atoms. The molecular formula is C8H15IO2. The van der Waals surface area contributed by atoms with Gasteiger partial charge in [-0.05, 0) is 24.4 Å². The van der Waals surface area contributed by atoms with Crippen molar-refractivity contribution in [3.8, 4) is 0 Å². The molecule has 0 spiro atoms. The Labute approximate surface area is 82.1 Å². The molecule has 11 heavy (non-hydrogen) atoms. The first-order valence-corrected chi connectivity index (χ1v) is 4.75. The lowest BCUT2D eigenvalue weighted by atomic mass is 10.1. The summed E-state index contributed by atoms with van der Waals surface area (Å²) in [7, 11) is 1.63. The summed E-state index contributed by atoms with van der Waals surface area (Å²) in [6.07, 6.45) is 3.00. The molecule has 66 valence electrons. The van der Waals surface area contributed by atoms with Crippen LogP contribution in [-0.2, 0) is 9.47 Å². The summed E-state index contributed by atoms with van der Waals surface area (Å²) in [4.78, 5) is 0. The van der Waals surface area contributed by atoms with Crippen LogP contribution in [0.3, 0.4) is 0 Å². The highest BCUT2D eigenvalue weighted by atomic mass is 127. The van der Waals surface area contributed by atoms with Crippen LogP contribution in [0.15, 0.2) is 10.2 Å². The van der Waals surface area contributed by atoms with Crippen LogP contribution in [-0.4, -0.2) is 19.5 Å². The maximum atomic E-state index is 5.40. The van der Waals surface area contributed by atoms with Gasteiger partial charge in [-0.1, -0.05) is 28.7 Å². The molecule has 0 amide bonds. The molecule has 0 saturated heterocycles. The van der Waals surface area contributed by atoms with E-state index < -0.39 is 0 Å². The molecule has 2 nitrogen and oxygen atoms in total. The molecule has 0 aromatic rings. The van der Waals surface area contributed by atoms with Crippen molar-refractivity contribution in [3.63, 3.8) is 0 Å². The van der Waals surface area contributed by atoms with Crippen LogP contribution in [0.5, 0.6) is 0 Å². The summed E-state index contributed by atoms with van der Waals surface area (Å²) in [6, 6.07) is 0. The second-order valence-corrected chi connectivity index (χ2v) is 3.60. The number of hydrogen-bond acceptors (Lipinski definition) is 2. The molecule has 0 saturated carbocycles. The predicted octanol–water partition coefficient (Wildman–Crippen LogP) is 2.72. The highest BCUT2D eigenvalue weighted by Gasteiger charge is 2.15. The first-order valence-electron chi connectivity index (χ1n) is 3.50. The topological polar surface area (TPSA) is 18.5 Å². The first-order chi connectivity index (χ1) is 5.12. The molecule has 0 N–H and O–H groups in total. The van der Waals surface area contributed by atoms with Gasteiger partial charge in [-0.3, -0.25) is 0 Å². The molecule has 0 aliphatic rings. The fourth-order valence-corrected chi connectivity index (χ4v) is 0.860. The summed E-state index contributed by atoms with van der Waals surface area (Å²) in [5.41, 5.74) is -0.113. The highest BCUT2D eigenvalue weighted by molar-refractivity contribution is 14.1. The molecule has 0 heterocycles. The lowest BCUT2D eigenvalue weighted by Crippen LogP contribution is -2.24. The van der Waals surface area contributed by atoms with E-state index in [0.717, 1.165) is 6.42 Å². The fraction of sp³-hybridized carbons (Fsp3) is 0.750. The van der Waals surface area contributed by atoms with Crippen LogP contribution < -0.4 is 0 Å². The summed E-state index contributed by atoms with van der Waals surface area (Å²) >= 11 is 2.20. The van der Waals surface area contributed by atoms with Gasteiger partial charge in [0, 0.05) is 7.11 Å². The maximum Gasteiger partial charge on any atom is 0.147 e.